The SMILES string of the molecule is Cc1cc(Cn2c(C)c(C(=O)N3CCC4(CC3)OCc3ccccc34)c3ccccc32)ccc1C(=O)O. The summed E-state index contributed by atoms with van der Waals surface area (Å²) in [6.07, 6.45) is 1.59. The van der Waals surface area contributed by atoms with Crippen LogP contribution in [0.15, 0.2) is 66.7 Å². The molecule has 0 bridgehead atoms. The number of aromatic carboxylic acids is 1. The van der Waals surface area contributed by atoms with Gasteiger partial charge in [0.2, 0.25) is 0 Å². The van der Waals surface area contributed by atoms with Crippen molar-refractivity contribution in [3.63, 3.8) is 0 Å². The Bertz CT molecular complexity index is 1540. The van der Waals surface area contributed by atoms with Gasteiger partial charge in [-0.1, -0.05) is 54.6 Å². The maximum absolute atomic E-state index is 13.9. The highest BCUT2D eigenvalue weighted by Crippen LogP contribution is 2.44. The fraction of sp³-hybridized carbons (Fsp3) is 0.290. The van der Waals surface area contributed by atoms with E-state index in [-0.39, 0.29) is 11.5 Å². The number of hydrogen-bond acceptors (Lipinski definition) is 3. The van der Waals surface area contributed by atoms with Crippen LogP contribution in [0.2, 0.25) is 0 Å². The lowest BCUT2D eigenvalue weighted by atomic mass is 9.83. The van der Waals surface area contributed by atoms with Gasteiger partial charge in [-0.3, -0.25) is 4.79 Å². The van der Waals surface area contributed by atoms with E-state index in [0.29, 0.717) is 31.8 Å². The molecule has 188 valence electrons. The van der Waals surface area contributed by atoms with Crippen LogP contribution in [0.25, 0.3) is 10.9 Å². The molecule has 0 radical (unpaired) electrons. The Labute approximate surface area is 216 Å². The van der Waals surface area contributed by atoms with Crippen LogP contribution in [-0.4, -0.2) is 39.5 Å². The number of amides is 1. The number of carboxylic acid groups (broad SMARTS) is 1. The predicted molar refractivity (Wildman–Crippen MR) is 142 cm³/mol. The molecule has 1 aromatic heterocycles. The predicted octanol–water partition coefficient (Wildman–Crippen LogP) is 5.67. The number of para-hydroxylation sites is 1. The minimum atomic E-state index is -0.922. The summed E-state index contributed by atoms with van der Waals surface area (Å²) in [4.78, 5) is 27.3. The number of benzene rings is 3. The van der Waals surface area contributed by atoms with E-state index in [2.05, 4.69) is 28.8 Å². The van der Waals surface area contributed by atoms with Gasteiger partial charge in [-0.15, -0.1) is 0 Å². The second-order valence-corrected chi connectivity index (χ2v) is 10.3. The Hall–Kier alpha value is -3.90. The number of rotatable bonds is 4. The molecule has 4 aromatic rings. The quantitative estimate of drug-likeness (QED) is 0.397. The van der Waals surface area contributed by atoms with E-state index in [1.54, 1.807) is 6.07 Å². The Kier molecular flexibility index (Phi) is 5.64. The van der Waals surface area contributed by atoms with Gasteiger partial charge in [0.25, 0.3) is 5.91 Å². The first-order valence-corrected chi connectivity index (χ1v) is 12.8. The standard InChI is InChI=1S/C31H30N2O4/c1-20-17-22(11-12-24(20)30(35)36)18-33-21(2)28(25-8-4-6-10-27(25)33)29(34)32-15-13-31(14-16-32)26-9-5-3-7-23(26)19-37-31/h3-12,17H,13-16,18-19H2,1-2H3,(H,35,36). The van der Waals surface area contributed by atoms with Crippen molar-refractivity contribution in [2.45, 2.75) is 45.4 Å². The summed E-state index contributed by atoms with van der Waals surface area (Å²) in [6.45, 7) is 6.34. The zero-order valence-corrected chi connectivity index (χ0v) is 21.2. The van der Waals surface area contributed by atoms with Gasteiger partial charge in [0.15, 0.2) is 0 Å². The number of carboxylic acids is 1. The fourth-order valence-electron chi connectivity index (χ4n) is 6.18. The smallest absolute Gasteiger partial charge is 0.335 e. The van der Waals surface area contributed by atoms with Crippen LogP contribution in [-0.2, 0) is 23.5 Å². The molecule has 6 rings (SSSR count). The molecule has 6 nitrogen and oxygen atoms in total. The molecule has 6 heteroatoms. The molecular formula is C31H30N2O4. The number of nitrogens with zero attached hydrogens (tertiary/aromatic N) is 2. The maximum atomic E-state index is 13.9. The number of aryl methyl sites for hydroxylation is 1. The lowest BCUT2D eigenvalue weighted by molar-refractivity contribution is -0.0741. The van der Waals surface area contributed by atoms with Crippen molar-refractivity contribution >= 4 is 22.8 Å². The Morgan fingerprint density at radius 3 is 2.46 bits per heavy atom. The molecule has 0 aliphatic carbocycles. The van der Waals surface area contributed by atoms with Crippen molar-refractivity contribution in [3.05, 3.63) is 106 Å². The number of ether oxygens (including phenoxy) is 1. The van der Waals surface area contributed by atoms with Crippen molar-refractivity contribution in [1.29, 1.82) is 0 Å². The van der Waals surface area contributed by atoms with Gasteiger partial charge in [-0.25, -0.2) is 4.79 Å². The zero-order valence-electron chi connectivity index (χ0n) is 21.2. The number of hydrogen-bond donors (Lipinski definition) is 1. The molecule has 1 fully saturated rings. The molecule has 1 amide bonds. The average molecular weight is 495 g/mol. The number of carbonyl (C=O) groups excluding carboxylic acids is 1. The molecule has 1 N–H and O–H groups in total. The van der Waals surface area contributed by atoms with Crippen LogP contribution in [0.4, 0.5) is 0 Å². The van der Waals surface area contributed by atoms with Gasteiger partial charge < -0.3 is 19.3 Å². The summed E-state index contributed by atoms with van der Waals surface area (Å²) >= 11 is 0. The van der Waals surface area contributed by atoms with E-state index < -0.39 is 5.97 Å². The van der Waals surface area contributed by atoms with E-state index in [0.717, 1.165) is 46.1 Å². The first-order valence-electron chi connectivity index (χ1n) is 12.8. The highest BCUT2D eigenvalue weighted by Gasteiger charge is 2.43. The van der Waals surface area contributed by atoms with Crippen LogP contribution in [0, 0.1) is 13.8 Å². The lowest BCUT2D eigenvalue weighted by Gasteiger charge is -2.39. The monoisotopic (exact) mass is 494 g/mol. The highest BCUT2D eigenvalue weighted by atomic mass is 16.5. The van der Waals surface area contributed by atoms with Crippen molar-refractivity contribution in [3.8, 4) is 0 Å². The highest BCUT2D eigenvalue weighted by molar-refractivity contribution is 6.08. The van der Waals surface area contributed by atoms with Crippen molar-refractivity contribution in [2.24, 2.45) is 0 Å². The Morgan fingerprint density at radius 2 is 1.70 bits per heavy atom. The van der Waals surface area contributed by atoms with E-state index in [4.69, 9.17) is 4.74 Å². The first kappa shape index (κ1) is 23.5. The number of piperidine rings is 1. The van der Waals surface area contributed by atoms with Crippen LogP contribution >= 0.6 is 0 Å². The third kappa shape index (κ3) is 3.83. The summed E-state index contributed by atoms with van der Waals surface area (Å²) in [5.74, 6) is -0.861. The van der Waals surface area contributed by atoms with Crippen LogP contribution in [0.1, 0.15) is 61.5 Å². The maximum Gasteiger partial charge on any atom is 0.335 e. The van der Waals surface area contributed by atoms with Gasteiger partial charge >= 0.3 is 5.97 Å². The Morgan fingerprint density at radius 1 is 0.973 bits per heavy atom. The molecule has 0 unspecified atom stereocenters. The van der Waals surface area contributed by atoms with Crippen molar-refractivity contribution in [1.82, 2.24) is 9.47 Å². The van der Waals surface area contributed by atoms with Gasteiger partial charge in [0, 0.05) is 36.2 Å². The van der Waals surface area contributed by atoms with Gasteiger partial charge in [0.05, 0.1) is 23.3 Å². The largest absolute Gasteiger partial charge is 0.478 e. The van der Waals surface area contributed by atoms with Gasteiger partial charge in [-0.2, -0.15) is 0 Å². The molecule has 1 saturated heterocycles. The van der Waals surface area contributed by atoms with E-state index in [1.807, 2.05) is 55.1 Å². The first-order chi connectivity index (χ1) is 17.9. The van der Waals surface area contributed by atoms with Crippen molar-refractivity contribution < 1.29 is 19.4 Å². The van der Waals surface area contributed by atoms with Crippen LogP contribution in [0.3, 0.4) is 0 Å². The lowest BCUT2D eigenvalue weighted by Crippen LogP contribution is -2.45. The summed E-state index contributed by atoms with van der Waals surface area (Å²) < 4.78 is 8.47. The topological polar surface area (TPSA) is 71.8 Å². The molecule has 0 atom stereocenters. The van der Waals surface area contributed by atoms with Crippen molar-refractivity contribution in [2.75, 3.05) is 13.1 Å². The number of aromatic nitrogens is 1. The molecule has 3 heterocycles. The summed E-state index contributed by atoms with van der Waals surface area (Å²) in [5.41, 5.74) is 6.97. The molecular weight excluding hydrogens is 464 g/mol. The number of fused-ring (bicyclic) bond motifs is 3. The molecule has 0 saturated carbocycles. The minimum Gasteiger partial charge on any atom is -0.478 e. The average Bonchev–Trinajstić information content (AvgIpc) is 3.39. The summed E-state index contributed by atoms with van der Waals surface area (Å²) in [5, 5.41) is 10.3. The van der Waals surface area contributed by atoms with E-state index in [1.165, 1.54) is 11.1 Å². The minimum absolute atomic E-state index is 0.0611. The number of carbonyl (C=O) groups is 2. The molecule has 2 aliphatic heterocycles. The zero-order chi connectivity index (χ0) is 25.7. The fourth-order valence-corrected chi connectivity index (χ4v) is 6.18. The van der Waals surface area contributed by atoms with Gasteiger partial charge in [-0.05, 0) is 61.1 Å². The van der Waals surface area contributed by atoms with E-state index in [9.17, 15) is 14.7 Å². The molecule has 1 spiro atoms. The number of likely N-dealkylation sites (tertiary alicyclic amines) is 1. The third-order valence-corrected chi connectivity index (χ3v) is 8.18. The van der Waals surface area contributed by atoms with Crippen LogP contribution < -0.4 is 0 Å². The Balaban J connectivity index is 1.29. The summed E-state index contributed by atoms with van der Waals surface area (Å²) in [7, 11) is 0. The molecule has 3 aromatic carbocycles. The summed E-state index contributed by atoms with van der Waals surface area (Å²) in [6, 6.07) is 21.9. The third-order valence-electron chi connectivity index (χ3n) is 8.18. The normalized spacial score (nSPS) is 16.3. The molecule has 2 aliphatic rings. The van der Waals surface area contributed by atoms with E-state index >= 15 is 0 Å². The van der Waals surface area contributed by atoms with Crippen LogP contribution in [0.5, 0.6) is 0 Å². The second-order valence-electron chi connectivity index (χ2n) is 10.3. The van der Waals surface area contributed by atoms with Gasteiger partial charge in [0.1, 0.15) is 0 Å². The second kappa shape index (κ2) is 8.89. The molecule has 37 heavy (non-hydrogen) atoms.